The normalized spacial score (nSPS) is 9.65. The SMILES string of the molecule is CNc1cncc(C(=O)Nc2ccc(C#N)c(Cl)c2)n1. The van der Waals surface area contributed by atoms with E-state index in [0.717, 1.165) is 0 Å². The summed E-state index contributed by atoms with van der Waals surface area (Å²) >= 11 is 5.89. The van der Waals surface area contributed by atoms with Crippen molar-refractivity contribution >= 4 is 29.0 Å². The number of nitrogens with one attached hydrogen (secondary N) is 2. The molecule has 0 fully saturated rings. The summed E-state index contributed by atoms with van der Waals surface area (Å²) in [7, 11) is 1.69. The van der Waals surface area contributed by atoms with Crippen LogP contribution >= 0.6 is 11.6 Å². The highest BCUT2D eigenvalue weighted by Crippen LogP contribution is 2.20. The number of halogens is 1. The number of anilines is 2. The first-order valence-corrected chi connectivity index (χ1v) is 6.02. The lowest BCUT2D eigenvalue weighted by molar-refractivity contribution is 0.102. The molecule has 0 bridgehead atoms. The zero-order valence-electron chi connectivity index (χ0n) is 10.5. The average Bonchev–Trinajstić information content (AvgIpc) is 2.47. The molecule has 2 rings (SSSR count). The Morgan fingerprint density at radius 2 is 2.20 bits per heavy atom. The predicted octanol–water partition coefficient (Wildman–Crippen LogP) is 2.30. The molecule has 0 aliphatic heterocycles. The van der Waals surface area contributed by atoms with Crippen molar-refractivity contribution in [3.05, 3.63) is 46.9 Å². The van der Waals surface area contributed by atoms with E-state index in [9.17, 15) is 4.79 Å². The van der Waals surface area contributed by atoms with Crippen molar-refractivity contribution in [2.24, 2.45) is 0 Å². The molecule has 2 aromatic rings. The maximum atomic E-state index is 12.0. The highest BCUT2D eigenvalue weighted by molar-refractivity contribution is 6.32. The van der Waals surface area contributed by atoms with E-state index < -0.39 is 5.91 Å². The molecule has 0 radical (unpaired) electrons. The van der Waals surface area contributed by atoms with Gasteiger partial charge in [0.1, 0.15) is 17.6 Å². The molecule has 100 valence electrons. The fourth-order valence-electron chi connectivity index (χ4n) is 1.47. The average molecular weight is 288 g/mol. The Morgan fingerprint density at radius 1 is 1.40 bits per heavy atom. The molecule has 20 heavy (non-hydrogen) atoms. The van der Waals surface area contributed by atoms with Gasteiger partial charge in [0, 0.05) is 12.7 Å². The van der Waals surface area contributed by atoms with Crippen LogP contribution in [-0.4, -0.2) is 22.9 Å². The lowest BCUT2D eigenvalue weighted by Crippen LogP contribution is -2.14. The van der Waals surface area contributed by atoms with Gasteiger partial charge >= 0.3 is 0 Å². The molecular weight excluding hydrogens is 278 g/mol. The summed E-state index contributed by atoms with van der Waals surface area (Å²) in [5.41, 5.74) is 1.01. The van der Waals surface area contributed by atoms with E-state index in [-0.39, 0.29) is 10.7 Å². The lowest BCUT2D eigenvalue weighted by atomic mass is 10.2. The number of hydrogen-bond donors (Lipinski definition) is 2. The van der Waals surface area contributed by atoms with Crippen LogP contribution in [0.25, 0.3) is 0 Å². The Bertz CT molecular complexity index is 695. The van der Waals surface area contributed by atoms with Gasteiger partial charge < -0.3 is 10.6 Å². The quantitative estimate of drug-likeness (QED) is 0.904. The van der Waals surface area contributed by atoms with Gasteiger partial charge in [0.2, 0.25) is 0 Å². The van der Waals surface area contributed by atoms with E-state index in [1.807, 2.05) is 6.07 Å². The van der Waals surface area contributed by atoms with Crippen LogP contribution in [0.1, 0.15) is 16.1 Å². The number of nitrogens with zero attached hydrogens (tertiary/aromatic N) is 3. The molecule has 6 nitrogen and oxygen atoms in total. The van der Waals surface area contributed by atoms with Crippen molar-refractivity contribution in [1.29, 1.82) is 5.26 Å². The molecule has 7 heteroatoms. The number of nitriles is 1. The van der Waals surface area contributed by atoms with Crippen molar-refractivity contribution in [3.8, 4) is 6.07 Å². The second-order valence-electron chi connectivity index (χ2n) is 3.80. The molecule has 0 aliphatic carbocycles. The second kappa shape index (κ2) is 5.99. The monoisotopic (exact) mass is 287 g/mol. The summed E-state index contributed by atoms with van der Waals surface area (Å²) in [6.45, 7) is 0. The van der Waals surface area contributed by atoms with E-state index in [1.165, 1.54) is 24.5 Å². The molecule has 0 saturated heterocycles. The third kappa shape index (κ3) is 3.02. The van der Waals surface area contributed by atoms with Gasteiger partial charge in [0.05, 0.1) is 23.0 Å². The first-order valence-electron chi connectivity index (χ1n) is 5.65. The first-order chi connectivity index (χ1) is 9.63. The van der Waals surface area contributed by atoms with E-state index in [4.69, 9.17) is 16.9 Å². The van der Waals surface area contributed by atoms with Crippen LogP contribution in [0.2, 0.25) is 5.02 Å². The van der Waals surface area contributed by atoms with Crippen LogP contribution in [0, 0.1) is 11.3 Å². The van der Waals surface area contributed by atoms with Crippen molar-refractivity contribution in [3.63, 3.8) is 0 Å². The van der Waals surface area contributed by atoms with Gasteiger partial charge in [-0.2, -0.15) is 5.26 Å². The Morgan fingerprint density at radius 3 is 2.85 bits per heavy atom. The highest BCUT2D eigenvalue weighted by Gasteiger charge is 2.10. The van der Waals surface area contributed by atoms with Crippen LogP contribution < -0.4 is 10.6 Å². The summed E-state index contributed by atoms with van der Waals surface area (Å²) < 4.78 is 0. The number of amides is 1. The van der Waals surface area contributed by atoms with Crippen molar-refractivity contribution in [2.45, 2.75) is 0 Å². The topological polar surface area (TPSA) is 90.7 Å². The Kier molecular flexibility index (Phi) is 4.13. The number of aromatic nitrogens is 2. The number of hydrogen-bond acceptors (Lipinski definition) is 5. The van der Waals surface area contributed by atoms with Crippen LogP contribution in [0.5, 0.6) is 0 Å². The van der Waals surface area contributed by atoms with Gasteiger partial charge in [-0.1, -0.05) is 11.6 Å². The fraction of sp³-hybridized carbons (Fsp3) is 0.0769. The largest absolute Gasteiger partial charge is 0.372 e. The predicted molar refractivity (Wildman–Crippen MR) is 75.7 cm³/mol. The molecule has 0 aliphatic rings. The maximum absolute atomic E-state index is 12.0. The van der Waals surface area contributed by atoms with Crippen molar-refractivity contribution < 1.29 is 4.79 Å². The molecule has 1 heterocycles. The van der Waals surface area contributed by atoms with Gasteiger partial charge in [0.15, 0.2) is 0 Å². The molecule has 0 atom stereocenters. The number of rotatable bonds is 3. The molecular formula is C13H10ClN5O. The summed E-state index contributed by atoms with van der Waals surface area (Å²) in [6.07, 6.45) is 2.87. The van der Waals surface area contributed by atoms with Crippen LogP contribution in [0.4, 0.5) is 11.5 Å². The molecule has 0 spiro atoms. The lowest BCUT2D eigenvalue weighted by Gasteiger charge is -2.06. The Hall–Kier alpha value is -2.65. The first kappa shape index (κ1) is 13.8. The summed E-state index contributed by atoms with van der Waals surface area (Å²) in [6, 6.07) is 6.58. The van der Waals surface area contributed by atoms with Gasteiger partial charge in [-0.15, -0.1) is 0 Å². The summed E-state index contributed by atoms with van der Waals surface area (Å²) in [5.74, 6) is 0.0888. The van der Waals surface area contributed by atoms with Crippen LogP contribution in [0.15, 0.2) is 30.6 Å². The van der Waals surface area contributed by atoms with Crippen LogP contribution in [-0.2, 0) is 0 Å². The minimum atomic E-state index is -0.407. The zero-order valence-corrected chi connectivity index (χ0v) is 11.3. The smallest absolute Gasteiger partial charge is 0.275 e. The number of carbonyl (C=O) groups excluding carboxylic acids is 1. The molecule has 1 aromatic carbocycles. The number of carbonyl (C=O) groups is 1. The molecule has 1 aromatic heterocycles. The summed E-state index contributed by atoms with van der Waals surface area (Å²) in [5, 5.41) is 14.5. The Labute approximate surface area is 120 Å². The third-order valence-electron chi connectivity index (χ3n) is 2.47. The minimum Gasteiger partial charge on any atom is -0.372 e. The van der Waals surface area contributed by atoms with Crippen molar-refractivity contribution in [1.82, 2.24) is 9.97 Å². The van der Waals surface area contributed by atoms with Gasteiger partial charge in [-0.05, 0) is 18.2 Å². The number of benzene rings is 1. The highest BCUT2D eigenvalue weighted by atomic mass is 35.5. The fourth-order valence-corrected chi connectivity index (χ4v) is 1.70. The standard InChI is InChI=1S/C13H10ClN5O/c1-16-12-7-17-6-11(19-12)13(20)18-9-3-2-8(5-15)10(14)4-9/h2-4,6-7H,1H3,(H,16,19)(H,18,20). The van der Waals surface area contributed by atoms with Crippen molar-refractivity contribution in [2.75, 3.05) is 17.7 Å². The van der Waals surface area contributed by atoms with Crippen LogP contribution in [0.3, 0.4) is 0 Å². The van der Waals surface area contributed by atoms with E-state index in [2.05, 4.69) is 20.6 Å². The van der Waals surface area contributed by atoms with E-state index in [0.29, 0.717) is 17.1 Å². The molecule has 1 amide bonds. The molecule has 2 N–H and O–H groups in total. The minimum absolute atomic E-state index is 0.178. The van der Waals surface area contributed by atoms with Gasteiger partial charge in [-0.3, -0.25) is 9.78 Å². The van der Waals surface area contributed by atoms with Gasteiger partial charge in [0.25, 0.3) is 5.91 Å². The molecule has 0 unspecified atom stereocenters. The second-order valence-corrected chi connectivity index (χ2v) is 4.21. The Balaban J connectivity index is 2.19. The van der Waals surface area contributed by atoms with E-state index in [1.54, 1.807) is 13.1 Å². The van der Waals surface area contributed by atoms with Gasteiger partial charge in [-0.25, -0.2) is 4.98 Å². The summed E-state index contributed by atoms with van der Waals surface area (Å²) in [4.78, 5) is 20.0. The van der Waals surface area contributed by atoms with E-state index >= 15 is 0 Å². The zero-order chi connectivity index (χ0) is 14.5. The maximum Gasteiger partial charge on any atom is 0.275 e. The third-order valence-corrected chi connectivity index (χ3v) is 2.78. The molecule has 0 saturated carbocycles.